The van der Waals surface area contributed by atoms with Crippen LogP contribution in [0.25, 0.3) is 0 Å². The highest BCUT2D eigenvalue weighted by atomic mass is 35.5. The maximum absolute atomic E-state index is 12.3. The number of ether oxygens (including phenoxy) is 1. The third-order valence-corrected chi connectivity index (χ3v) is 4.65. The molecule has 4 nitrogen and oxygen atoms in total. The number of ketones is 1. The van der Waals surface area contributed by atoms with Crippen molar-refractivity contribution >= 4 is 46.6 Å². The summed E-state index contributed by atoms with van der Waals surface area (Å²) in [5, 5.41) is 0.0221. The van der Waals surface area contributed by atoms with E-state index < -0.39 is 12.1 Å². The topological polar surface area (TPSA) is 56.3 Å². The fourth-order valence-corrected chi connectivity index (χ4v) is 2.55. The van der Waals surface area contributed by atoms with Gasteiger partial charge >= 0.3 is 5.97 Å². The van der Waals surface area contributed by atoms with Crippen molar-refractivity contribution in [3.63, 3.8) is 0 Å². The molecule has 0 radical (unpaired) electrons. The molecule has 1 aromatic heterocycles. The Morgan fingerprint density at radius 2 is 1.75 bits per heavy atom. The highest BCUT2D eigenvalue weighted by Crippen LogP contribution is 2.31. The lowest BCUT2D eigenvalue weighted by Crippen LogP contribution is -2.25. The summed E-state index contributed by atoms with van der Waals surface area (Å²) in [7, 11) is 0. The molecule has 1 heterocycles. The summed E-state index contributed by atoms with van der Waals surface area (Å²) in [5.74, 6) is -1.16. The van der Waals surface area contributed by atoms with Crippen molar-refractivity contribution in [1.29, 1.82) is 0 Å². The molecular formula is C17H14Cl3NO3. The van der Waals surface area contributed by atoms with Gasteiger partial charge in [0.15, 0.2) is 11.8 Å². The molecule has 0 bridgehead atoms. The second-order valence-corrected chi connectivity index (χ2v) is 6.21. The van der Waals surface area contributed by atoms with Crippen LogP contribution in [0.4, 0.5) is 0 Å². The van der Waals surface area contributed by atoms with Crippen LogP contribution < -0.4 is 0 Å². The van der Waals surface area contributed by atoms with Crippen LogP contribution in [0.1, 0.15) is 40.3 Å². The molecular weight excluding hydrogens is 373 g/mol. The van der Waals surface area contributed by atoms with Crippen LogP contribution in [0, 0.1) is 0 Å². The monoisotopic (exact) mass is 385 g/mol. The highest BCUT2D eigenvalue weighted by Gasteiger charge is 2.24. The molecule has 0 aliphatic rings. The number of benzene rings is 1. The van der Waals surface area contributed by atoms with E-state index in [-0.39, 0.29) is 26.5 Å². The number of aromatic nitrogens is 1. The van der Waals surface area contributed by atoms with Gasteiger partial charge < -0.3 is 4.74 Å². The van der Waals surface area contributed by atoms with Crippen LogP contribution >= 0.6 is 34.8 Å². The summed E-state index contributed by atoms with van der Waals surface area (Å²) < 4.78 is 5.15. The quantitative estimate of drug-likeness (QED) is 0.534. The van der Waals surface area contributed by atoms with Gasteiger partial charge in [0.25, 0.3) is 0 Å². The predicted molar refractivity (Wildman–Crippen MR) is 94.3 cm³/mol. The molecule has 0 aliphatic carbocycles. The van der Waals surface area contributed by atoms with Crippen molar-refractivity contribution < 1.29 is 14.3 Å². The molecule has 0 spiro atoms. The van der Waals surface area contributed by atoms with Gasteiger partial charge in [0.05, 0.1) is 15.1 Å². The Morgan fingerprint density at radius 3 is 2.33 bits per heavy atom. The van der Waals surface area contributed by atoms with E-state index in [1.807, 2.05) is 19.1 Å². The van der Waals surface area contributed by atoms with E-state index in [2.05, 4.69) is 4.98 Å². The van der Waals surface area contributed by atoms with Gasteiger partial charge in [-0.2, -0.15) is 0 Å². The zero-order valence-corrected chi connectivity index (χ0v) is 15.2. The molecule has 0 aliphatic heterocycles. The van der Waals surface area contributed by atoms with Crippen LogP contribution in [0.3, 0.4) is 0 Å². The summed E-state index contributed by atoms with van der Waals surface area (Å²) in [5.41, 5.74) is 1.38. The Morgan fingerprint density at radius 1 is 1.12 bits per heavy atom. The first-order chi connectivity index (χ1) is 11.3. The summed E-state index contributed by atoms with van der Waals surface area (Å²) in [6, 6.07) is 7.13. The van der Waals surface area contributed by atoms with Gasteiger partial charge in [-0.25, -0.2) is 9.78 Å². The molecule has 1 atom stereocenters. The second kappa shape index (κ2) is 7.97. The van der Waals surface area contributed by atoms with Gasteiger partial charge in [-0.1, -0.05) is 66.0 Å². The third kappa shape index (κ3) is 4.07. The first-order valence-corrected chi connectivity index (χ1v) is 8.32. The lowest BCUT2D eigenvalue weighted by Gasteiger charge is -2.13. The van der Waals surface area contributed by atoms with E-state index in [0.717, 1.165) is 12.0 Å². The number of esters is 1. The fourth-order valence-electron chi connectivity index (χ4n) is 1.99. The number of hydrogen-bond acceptors (Lipinski definition) is 4. The second-order valence-electron chi connectivity index (χ2n) is 5.04. The molecule has 2 aromatic rings. The molecule has 0 fully saturated rings. The number of rotatable bonds is 5. The maximum Gasteiger partial charge on any atom is 0.359 e. The molecule has 1 unspecified atom stereocenters. The van der Waals surface area contributed by atoms with Crippen molar-refractivity contribution in [3.8, 4) is 0 Å². The summed E-state index contributed by atoms with van der Waals surface area (Å²) >= 11 is 17.6. The molecule has 1 aromatic carbocycles. The molecule has 0 amide bonds. The number of hydrogen-bond donors (Lipinski definition) is 0. The van der Waals surface area contributed by atoms with E-state index in [1.165, 1.54) is 13.1 Å². The molecule has 7 heteroatoms. The first kappa shape index (κ1) is 18.7. The standard InChI is InChI=1S/C17H14Cl3NO3/c1-3-10-4-6-11(7-5-10)16(22)9(2)24-17(23)15-14(20)13(19)12(18)8-21-15/h4-9H,3H2,1-2H3. The molecule has 0 saturated carbocycles. The third-order valence-electron chi connectivity index (χ3n) is 3.41. The molecule has 0 saturated heterocycles. The highest BCUT2D eigenvalue weighted by molar-refractivity contribution is 6.48. The van der Waals surface area contributed by atoms with Crippen molar-refractivity contribution in [2.75, 3.05) is 0 Å². The largest absolute Gasteiger partial charge is 0.449 e. The lowest BCUT2D eigenvalue weighted by molar-refractivity contribution is 0.0313. The Balaban J connectivity index is 2.13. The predicted octanol–water partition coefficient (Wildman–Crippen LogP) is 5.03. The van der Waals surface area contributed by atoms with Gasteiger partial charge in [-0.05, 0) is 18.9 Å². The summed E-state index contributed by atoms with van der Waals surface area (Å²) in [4.78, 5) is 28.3. The number of aryl methyl sites for hydroxylation is 1. The molecule has 126 valence electrons. The van der Waals surface area contributed by atoms with Gasteiger partial charge in [0, 0.05) is 11.8 Å². The van der Waals surface area contributed by atoms with Crippen LogP contribution in [-0.2, 0) is 11.2 Å². The zero-order chi connectivity index (χ0) is 17.9. The van der Waals surface area contributed by atoms with Crippen LogP contribution in [0.5, 0.6) is 0 Å². The van der Waals surface area contributed by atoms with Crippen LogP contribution in [-0.4, -0.2) is 22.8 Å². The minimum Gasteiger partial charge on any atom is -0.449 e. The Kier molecular flexibility index (Phi) is 6.21. The number of carbonyl (C=O) groups is 2. The average molecular weight is 387 g/mol. The number of nitrogens with zero attached hydrogens (tertiary/aromatic N) is 1. The van der Waals surface area contributed by atoms with Crippen molar-refractivity contribution in [1.82, 2.24) is 4.98 Å². The molecule has 24 heavy (non-hydrogen) atoms. The SMILES string of the molecule is CCc1ccc(C(=O)C(C)OC(=O)c2ncc(Cl)c(Cl)c2Cl)cc1. The van der Waals surface area contributed by atoms with Crippen molar-refractivity contribution in [2.45, 2.75) is 26.4 Å². The molecule has 2 rings (SSSR count). The van der Waals surface area contributed by atoms with E-state index in [9.17, 15) is 9.59 Å². The van der Waals surface area contributed by atoms with Crippen LogP contribution in [0.15, 0.2) is 30.5 Å². The first-order valence-electron chi connectivity index (χ1n) is 7.18. The zero-order valence-electron chi connectivity index (χ0n) is 13.0. The van der Waals surface area contributed by atoms with Crippen LogP contribution in [0.2, 0.25) is 15.1 Å². The lowest BCUT2D eigenvalue weighted by atomic mass is 10.0. The van der Waals surface area contributed by atoms with E-state index in [0.29, 0.717) is 5.56 Å². The number of carbonyl (C=O) groups excluding carboxylic acids is 2. The van der Waals surface area contributed by atoms with E-state index in [4.69, 9.17) is 39.5 Å². The normalized spacial score (nSPS) is 11.9. The minimum atomic E-state index is -0.989. The fraction of sp³-hybridized carbons (Fsp3) is 0.235. The minimum absolute atomic E-state index is 0.00872. The van der Waals surface area contributed by atoms with Crippen molar-refractivity contribution in [3.05, 3.63) is 62.4 Å². The smallest absolute Gasteiger partial charge is 0.359 e. The van der Waals surface area contributed by atoms with Gasteiger partial charge in [0.1, 0.15) is 0 Å². The number of halogens is 3. The van der Waals surface area contributed by atoms with Crippen molar-refractivity contribution in [2.24, 2.45) is 0 Å². The van der Waals surface area contributed by atoms with E-state index >= 15 is 0 Å². The average Bonchev–Trinajstić information content (AvgIpc) is 2.59. The van der Waals surface area contributed by atoms with Gasteiger partial charge in [0.2, 0.25) is 5.78 Å². The Labute approximate surface area is 154 Å². The number of pyridine rings is 1. The Bertz CT molecular complexity index is 775. The maximum atomic E-state index is 12.3. The van der Waals surface area contributed by atoms with E-state index in [1.54, 1.807) is 12.1 Å². The Hall–Kier alpha value is -1.62. The summed E-state index contributed by atoms with van der Waals surface area (Å²) in [6.07, 6.45) is 1.08. The van der Waals surface area contributed by atoms with Gasteiger partial charge in [-0.3, -0.25) is 4.79 Å². The van der Waals surface area contributed by atoms with Gasteiger partial charge in [-0.15, -0.1) is 0 Å². The molecule has 0 N–H and O–H groups in total. The summed E-state index contributed by atoms with van der Waals surface area (Å²) in [6.45, 7) is 3.51. The number of Topliss-reactive ketones (excluding diaryl/α,β-unsaturated/α-hetero) is 1.